The van der Waals surface area contributed by atoms with Gasteiger partial charge < -0.3 is 19.8 Å². The first-order chi connectivity index (χ1) is 16.5. The van der Waals surface area contributed by atoms with Crippen LogP contribution in [0.5, 0.6) is 0 Å². The average Bonchev–Trinajstić information content (AvgIpc) is 2.77. The molecule has 0 aromatic rings. The van der Waals surface area contributed by atoms with Crippen molar-refractivity contribution in [3.05, 3.63) is 0 Å². The minimum atomic E-state index is -4.27. The molecule has 8 nitrogen and oxygen atoms in total. The molecule has 3 N–H and O–H groups in total. The number of nitrogens with zero attached hydrogens (tertiary/aromatic N) is 1. The summed E-state index contributed by atoms with van der Waals surface area (Å²) in [4.78, 5) is 22.2. The number of phosphoric ester groups is 1. The van der Waals surface area contributed by atoms with Gasteiger partial charge in [-0.15, -0.1) is 0 Å². The average molecular weight is 524 g/mol. The normalized spacial score (nSPS) is 15.5. The fraction of sp³-hybridized carbons (Fsp3) is 0.962. The molecule has 9 heteroatoms. The molecule has 0 bridgehead atoms. The summed E-state index contributed by atoms with van der Waals surface area (Å²) in [5.74, 6) is -0.183. The van der Waals surface area contributed by atoms with Gasteiger partial charge in [-0.1, -0.05) is 90.9 Å². The third kappa shape index (κ3) is 22.4. The Morgan fingerprint density at radius 1 is 0.857 bits per heavy atom. The second-order valence-electron chi connectivity index (χ2n) is 10.8. The van der Waals surface area contributed by atoms with Gasteiger partial charge in [-0.05, 0) is 12.8 Å². The highest BCUT2D eigenvalue weighted by Gasteiger charge is 2.28. The quantitative estimate of drug-likeness (QED) is 0.0869. The number of aliphatic hydroxyl groups is 1. The van der Waals surface area contributed by atoms with E-state index in [9.17, 15) is 19.4 Å². The molecule has 210 valence electrons. The molecule has 0 rings (SSSR count). The molecule has 0 spiro atoms. The summed E-state index contributed by atoms with van der Waals surface area (Å²) in [7, 11) is 1.61. The van der Waals surface area contributed by atoms with E-state index in [0.29, 0.717) is 23.9 Å². The second kappa shape index (κ2) is 20.5. The smallest absolute Gasteiger partial charge is 0.391 e. The first-order valence-electron chi connectivity index (χ1n) is 13.9. The van der Waals surface area contributed by atoms with Gasteiger partial charge in [-0.2, -0.15) is 0 Å². The predicted octanol–water partition coefficient (Wildman–Crippen LogP) is 5.56. The molecule has 0 fully saturated rings. The first kappa shape index (κ1) is 34.5. The van der Waals surface area contributed by atoms with Gasteiger partial charge in [0.1, 0.15) is 13.2 Å². The molecule has 0 aliphatic heterocycles. The topological polar surface area (TPSA) is 105 Å². The van der Waals surface area contributed by atoms with E-state index in [1.165, 1.54) is 51.4 Å². The maximum Gasteiger partial charge on any atom is 0.472 e. The monoisotopic (exact) mass is 523 g/mol. The standard InChI is InChI=1S/C26H55N2O6P/c1-6-8-10-11-12-13-14-15-16-17-18-19-25(29)24(27-26(30)20-9-7-2)23-34-35(31,32)33-22-21-28(3,4)5/h24-25,29H,6-23H2,1-5H3,(H-,27,30,31,32)/p+1. The van der Waals surface area contributed by atoms with Crippen molar-refractivity contribution in [2.45, 2.75) is 122 Å². The summed E-state index contributed by atoms with van der Waals surface area (Å²) < 4.78 is 23.0. The van der Waals surface area contributed by atoms with Crippen LogP contribution in [0.15, 0.2) is 0 Å². The van der Waals surface area contributed by atoms with Crippen LogP contribution in [-0.4, -0.2) is 73.4 Å². The number of likely N-dealkylation sites (N-methyl/N-ethyl adjacent to an activating group) is 1. The fourth-order valence-electron chi connectivity index (χ4n) is 3.73. The van der Waals surface area contributed by atoms with Gasteiger partial charge in [-0.3, -0.25) is 13.8 Å². The Balaban J connectivity index is 4.41. The summed E-state index contributed by atoms with van der Waals surface area (Å²) >= 11 is 0. The number of amides is 1. The third-order valence-electron chi connectivity index (χ3n) is 6.11. The molecule has 1 amide bonds. The van der Waals surface area contributed by atoms with Crippen molar-refractivity contribution in [1.82, 2.24) is 5.32 Å². The van der Waals surface area contributed by atoms with Crippen molar-refractivity contribution in [1.29, 1.82) is 0 Å². The minimum absolute atomic E-state index is 0.0755. The van der Waals surface area contributed by atoms with Crippen molar-refractivity contribution in [3.8, 4) is 0 Å². The second-order valence-corrected chi connectivity index (χ2v) is 12.2. The molecule has 0 radical (unpaired) electrons. The summed E-state index contributed by atoms with van der Waals surface area (Å²) in [5, 5.41) is 13.5. The summed E-state index contributed by atoms with van der Waals surface area (Å²) in [6, 6.07) is -0.745. The molecule has 0 heterocycles. The lowest BCUT2D eigenvalue weighted by Gasteiger charge is -2.26. The van der Waals surface area contributed by atoms with E-state index in [1.807, 2.05) is 28.1 Å². The minimum Gasteiger partial charge on any atom is -0.391 e. The van der Waals surface area contributed by atoms with Gasteiger partial charge in [0.05, 0.1) is 39.9 Å². The Morgan fingerprint density at radius 3 is 1.89 bits per heavy atom. The van der Waals surface area contributed by atoms with Gasteiger partial charge in [0.25, 0.3) is 0 Å². The lowest BCUT2D eigenvalue weighted by atomic mass is 10.0. The molecule has 0 saturated carbocycles. The zero-order valence-corrected chi connectivity index (χ0v) is 24.2. The van der Waals surface area contributed by atoms with Crippen LogP contribution in [0.2, 0.25) is 0 Å². The SMILES string of the molecule is CCCCCCCCCCCCCC(O)C(COP(=O)(O)OCC[N+](C)(C)C)NC(=O)CCCC. The highest BCUT2D eigenvalue weighted by Crippen LogP contribution is 2.43. The molecule has 35 heavy (non-hydrogen) atoms. The van der Waals surface area contributed by atoms with Crippen molar-refractivity contribution in [2.75, 3.05) is 40.9 Å². The number of unbranched alkanes of at least 4 members (excludes halogenated alkanes) is 11. The number of hydrogen-bond donors (Lipinski definition) is 3. The molecule has 0 aliphatic rings. The van der Waals surface area contributed by atoms with Crippen LogP contribution in [0.25, 0.3) is 0 Å². The van der Waals surface area contributed by atoms with Crippen LogP contribution < -0.4 is 5.32 Å². The van der Waals surface area contributed by atoms with Gasteiger partial charge in [0, 0.05) is 6.42 Å². The summed E-state index contributed by atoms with van der Waals surface area (Å²) in [6.07, 6.45) is 15.1. The lowest BCUT2D eigenvalue weighted by Crippen LogP contribution is -2.46. The number of nitrogens with one attached hydrogen (secondary N) is 1. The zero-order chi connectivity index (χ0) is 26.6. The van der Waals surface area contributed by atoms with E-state index in [4.69, 9.17) is 9.05 Å². The number of rotatable bonds is 24. The Hall–Kier alpha value is -0.500. The van der Waals surface area contributed by atoms with E-state index >= 15 is 0 Å². The fourth-order valence-corrected chi connectivity index (χ4v) is 4.46. The number of phosphoric acid groups is 1. The number of aliphatic hydroxyl groups excluding tert-OH is 1. The maximum atomic E-state index is 12.3. The molecular formula is C26H56N2O6P+. The Morgan fingerprint density at radius 2 is 1.37 bits per heavy atom. The van der Waals surface area contributed by atoms with E-state index in [2.05, 4.69) is 12.2 Å². The molecule has 0 aromatic heterocycles. The van der Waals surface area contributed by atoms with Crippen LogP contribution in [0.1, 0.15) is 110 Å². The van der Waals surface area contributed by atoms with Crippen LogP contribution in [0.3, 0.4) is 0 Å². The van der Waals surface area contributed by atoms with Crippen LogP contribution in [0, 0.1) is 0 Å². The van der Waals surface area contributed by atoms with E-state index in [0.717, 1.165) is 32.1 Å². The Labute approximate surface area is 215 Å². The molecule has 3 unspecified atom stereocenters. The van der Waals surface area contributed by atoms with Crippen molar-refractivity contribution >= 4 is 13.7 Å². The van der Waals surface area contributed by atoms with E-state index < -0.39 is 20.0 Å². The molecular weight excluding hydrogens is 467 g/mol. The summed E-state index contributed by atoms with van der Waals surface area (Å²) in [5.41, 5.74) is 0. The van der Waals surface area contributed by atoms with Gasteiger partial charge in [0.2, 0.25) is 5.91 Å². The van der Waals surface area contributed by atoms with Crippen LogP contribution in [-0.2, 0) is 18.4 Å². The molecule has 3 atom stereocenters. The number of hydrogen-bond acceptors (Lipinski definition) is 5. The zero-order valence-electron chi connectivity index (χ0n) is 23.3. The third-order valence-corrected chi connectivity index (χ3v) is 7.09. The number of carbonyl (C=O) groups excluding carboxylic acids is 1. The molecule has 0 aliphatic carbocycles. The summed E-state index contributed by atoms with van der Waals surface area (Å²) in [6.45, 7) is 4.60. The van der Waals surface area contributed by atoms with Crippen LogP contribution >= 0.6 is 7.82 Å². The largest absolute Gasteiger partial charge is 0.472 e. The van der Waals surface area contributed by atoms with Crippen molar-refractivity contribution in [3.63, 3.8) is 0 Å². The van der Waals surface area contributed by atoms with Crippen LogP contribution in [0.4, 0.5) is 0 Å². The predicted molar refractivity (Wildman–Crippen MR) is 143 cm³/mol. The van der Waals surface area contributed by atoms with E-state index in [1.54, 1.807) is 0 Å². The lowest BCUT2D eigenvalue weighted by molar-refractivity contribution is -0.870. The van der Waals surface area contributed by atoms with Gasteiger partial charge in [0.15, 0.2) is 0 Å². The highest BCUT2D eigenvalue weighted by molar-refractivity contribution is 7.47. The molecule has 0 saturated heterocycles. The Kier molecular flexibility index (Phi) is 20.3. The number of carbonyl (C=O) groups is 1. The Bertz CT molecular complexity index is 571. The van der Waals surface area contributed by atoms with Gasteiger partial charge >= 0.3 is 7.82 Å². The van der Waals surface area contributed by atoms with E-state index in [-0.39, 0.29) is 19.1 Å². The number of quaternary nitrogens is 1. The maximum absolute atomic E-state index is 12.3. The van der Waals surface area contributed by atoms with Gasteiger partial charge in [-0.25, -0.2) is 4.57 Å². The highest BCUT2D eigenvalue weighted by atomic mass is 31.2. The molecule has 0 aromatic carbocycles. The van der Waals surface area contributed by atoms with Crippen molar-refractivity contribution < 1.29 is 32.9 Å². The first-order valence-corrected chi connectivity index (χ1v) is 15.4. The van der Waals surface area contributed by atoms with Crippen molar-refractivity contribution in [2.24, 2.45) is 0 Å².